The summed E-state index contributed by atoms with van der Waals surface area (Å²) in [7, 11) is 0. The second-order valence-corrected chi connectivity index (χ2v) is 10.1. The Labute approximate surface area is 200 Å². The van der Waals surface area contributed by atoms with Crippen molar-refractivity contribution in [1.29, 1.82) is 0 Å². The number of anilines is 1. The number of piperazine rings is 1. The van der Waals surface area contributed by atoms with Crippen LogP contribution in [-0.4, -0.2) is 85.3 Å². The summed E-state index contributed by atoms with van der Waals surface area (Å²) in [5.74, 6) is 0.290. The molecule has 0 spiro atoms. The molecule has 0 aliphatic carbocycles. The highest BCUT2D eigenvalue weighted by Gasteiger charge is 2.46. The van der Waals surface area contributed by atoms with Crippen molar-refractivity contribution in [2.24, 2.45) is 5.92 Å². The van der Waals surface area contributed by atoms with Crippen LogP contribution >= 0.6 is 0 Å². The second kappa shape index (κ2) is 9.34. The Bertz CT molecular complexity index is 1040. The summed E-state index contributed by atoms with van der Waals surface area (Å²) in [4.78, 5) is 36.6. The van der Waals surface area contributed by atoms with E-state index in [1.54, 1.807) is 24.4 Å². The quantitative estimate of drug-likeness (QED) is 0.618. The van der Waals surface area contributed by atoms with Crippen LogP contribution in [0.25, 0.3) is 0 Å². The molecule has 0 radical (unpaired) electrons. The number of aliphatic hydroxyl groups is 1. The maximum absolute atomic E-state index is 13.7. The number of fused-ring (bicyclic) bond motifs is 1. The maximum atomic E-state index is 13.7. The molecule has 1 fully saturated rings. The zero-order valence-electron chi connectivity index (χ0n) is 20.6. The Morgan fingerprint density at radius 1 is 1.26 bits per heavy atom. The van der Waals surface area contributed by atoms with E-state index in [2.05, 4.69) is 39.2 Å². The first-order valence-electron chi connectivity index (χ1n) is 11.9. The summed E-state index contributed by atoms with van der Waals surface area (Å²) in [5.41, 5.74) is 1.35. The van der Waals surface area contributed by atoms with Crippen molar-refractivity contribution in [3.63, 3.8) is 0 Å². The number of aromatic nitrogens is 3. The average Bonchev–Trinajstić information content (AvgIpc) is 3.33. The van der Waals surface area contributed by atoms with Gasteiger partial charge in [0, 0.05) is 50.1 Å². The second-order valence-electron chi connectivity index (χ2n) is 10.1. The predicted octanol–water partition coefficient (Wildman–Crippen LogP) is 2.25. The lowest BCUT2D eigenvalue weighted by Crippen LogP contribution is -2.62. The minimum atomic E-state index is -0.598. The summed E-state index contributed by atoms with van der Waals surface area (Å²) in [5, 5.41) is 19.6. The van der Waals surface area contributed by atoms with Crippen LogP contribution in [0.3, 0.4) is 0 Å². The van der Waals surface area contributed by atoms with E-state index in [9.17, 15) is 14.7 Å². The van der Waals surface area contributed by atoms with Gasteiger partial charge in [0.05, 0.1) is 17.8 Å². The molecule has 10 nitrogen and oxygen atoms in total. The maximum Gasteiger partial charge on any atom is 0.321 e. The third kappa shape index (κ3) is 4.39. The molecule has 0 saturated carbocycles. The fourth-order valence-electron chi connectivity index (χ4n) is 4.93. The van der Waals surface area contributed by atoms with E-state index in [1.165, 1.54) is 0 Å². The predicted molar refractivity (Wildman–Crippen MR) is 128 cm³/mol. The van der Waals surface area contributed by atoms with Crippen molar-refractivity contribution in [3.8, 4) is 0 Å². The number of rotatable bonds is 5. The number of nitrogens with zero attached hydrogens (tertiary/aromatic N) is 5. The Morgan fingerprint density at radius 3 is 2.71 bits per heavy atom. The Balaban J connectivity index is 1.48. The molecule has 4 rings (SSSR count). The van der Waals surface area contributed by atoms with Gasteiger partial charge < -0.3 is 20.2 Å². The summed E-state index contributed by atoms with van der Waals surface area (Å²) < 4.78 is 0. The molecule has 2 aromatic rings. The topological polar surface area (TPSA) is 118 Å². The summed E-state index contributed by atoms with van der Waals surface area (Å²) in [6.45, 7) is 12.9. The van der Waals surface area contributed by atoms with Gasteiger partial charge in [0.2, 0.25) is 0 Å². The van der Waals surface area contributed by atoms with Gasteiger partial charge in [0.15, 0.2) is 5.82 Å². The average molecular weight is 470 g/mol. The van der Waals surface area contributed by atoms with Crippen molar-refractivity contribution >= 4 is 17.8 Å². The van der Waals surface area contributed by atoms with Crippen LogP contribution in [0.4, 0.5) is 10.6 Å². The van der Waals surface area contributed by atoms with Gasteiger partial charge in [0.1, 0.15) is 5.69 Å². The van der Waals surface area contributed by atoms with Gasteiger partial charge in [-0.2, -0.15) is 5.10 Å². The zero-order chi connectivity index (χ0) is 24.6. The van der Waals surface area contributed by atoms with Crippen LogP contribution in [0.2, 0.25) is 0 Å². The number of hydrogen-bond donors (Lipinski definition) is 3. The Morgan fingerprint density at radius 2 is 2.03 bits per heavy atom. The molecule has 0 bridgehead atoms. The van der Waals surface area contributed by atoms with E-state index >= 15 is 0 Å². The number of aromatic amines is 1. The van der Waals surface area contributed by atoms with Gasteiger partial charge in [-0.05, 0) is 45.7 Å². The van der Waals surface area contributed by atoms with Crippen LogP contribution in [0.1, 0.15) is 56.4 Å². The number of hydrogen-bond acceptors (Lipinski definition) is 6. The number of H-pyrrole nitrogens is 1. The van der Waals surface area contributed by atoms with Gasteiger partial charge >= 0.3 is 6.03 Å². The lowest BCUT2D eigenvalue weighted by Gasteiger charge is -2.47. The number of urea groups is 1. The van der Waals surface area contributed by atoms with E-state index in [1.807, 2.05) is 30.6 Å². The van der Waals surface area contributed by atoms with Gasteiger partial charge in [0.25, 0.3) is 5.91 Å². The van der Waals surface area contributed by atoms with Crippen molar-refractivity contribution in [1.82, 2.24) is 29.9 Å². The third-order valence-corrected chi connectivity index (χ3v) is 7.05. The lowest BCUT2D eigenvalue weighted by molar-refractivity contribution is 0.0252. The van der Waals surface area contributed by atoms with Crippen LogP contribution in [0.5, 0.6) is 0 Å². The molecule has 0 unspecified atom stereocenters. The van der Waals surface area contributed by atoms with Gasteiger partial charge in [-0.3, -0.25) is 19.8 Å². The molecule has 3 amide bonds. The van der Waals surface area contributed by atoms with E-state index in [0.29, 0.717) is 24.6 Å². The molecule has 2 aromatic heterocycles. The SMILES string of the molecule is C[C@@H](CO)CN1C[C@H](C)N(C(=O)N2Cc3c(NC(=O)c4ccccn4)n[nH]c3C2(C)C)C[C@H]1C. The molecule has 3 atom stereocenters. The minimum Gasteiger partial charge on any atom is -0.396 e. The number of pyridine rings is 1. The molecule has 0 aromatic carbocycles. The van der Waals surface area contributed by atoms with E-state index < -0.39 is 5.54 Å². The number of carbonyl (C=O) groups excluding carboxylic acids is 2. The number of amides is 3. The fourth-order valence-corrected chi connectivity index (χ4v) is 4.93. The van der Waals surface area contributed by atoms with Crippen LogP contribution < -0.4 is 5.32 Å². The number of carbonyl (C=O) groups is 2. The standard InChI is InChI=1S/C24H35N7O3/c1-15(14-32)10-29-11-17(3)30(12-16(29)2)23(34)31-13-18-20(24(31,4)5)27-28-21(18)26-22(33)19-8-6-7-9-25-19/h6-9,15-17,32H,10-14H2,1-5H3,(H2,26,27,28,33)/t15-,16-,17+/m1/s1. The monoisotopic (exact) mass is 469 g/mol. The van der Waals surface area contributed by atoms with E-state index in [4.69, 9.17) is 0 Å². The lowest BCUT2D eigenvalue weighted by atomic mass is 10.0. The minimum absolute atomic E-state index is 0.0224. The number of aliphatic hydroxyl groups excluding tert-OH is 1. The first-order chi connectivity index (χ1) is 16.1. The molecule has 10 heteroatoms. The van der Waals surface area contributed by atoms with Crippen LogP contribution in [0, 0.1) is 5.92 Å². The van der Waals surface area contributed by atoms with E-state index in [-0.39, 0.29) is 36.5 Å². The molecule has 1 saturated heterocycles. The van der Waals surface area contributed by atoms with Crippen molar-refractivity contribution < 1.29 is 14.7 Å². The largest absolute Gasteiger partial charge is 0.396 e. The molecule has 34 heavy (non-hydrogen) atoms. The summed E-state index contributed by atoms with van der Waals surface area (Å²) >= 11 is 0. The molecule has 3 N–H and O–H groups in total. The molecular formula is C24H35N7O3. The van der Waals surface area contributed by atoms with Crippen LogP contribution in [0.15, 0.2) is 24.4 Å². The van der Waals surface area contributed by atoms with Crippen molar-refractivity contribution in [2.75, 3.05) is 31.6 Å². The van der Waals surface area contributed by atoms with Crippen molar-refractivity contribution in [2.45, 2.75) is 58.8 Å². The van der Waals surface area contributed by atoms with Gasteiger partial charge in [-0.25, -0.2) is 4.79 Å². The molecule has 184 valence electrons. The highest BCUT2D eigenvalue weighted by atomic mass is 16.3. The van der Waals surface area contributed by atoms with Crippen LogP contribution in [-0.2, 0) is 12.1 Å². The normalized spacial score (nSPS) is 23.0. The first-order valence-corrected chi connectivity index (χ1v) is 11.9. The van der Waals surface area contributed by atoms with Gasteiger partial charge in [-0.1, -0.05) is 13.0 Å². The summed E-state index contributed by atoms with van der Waals surface area (Å²) in [6.07, 6.45) is 1.57. The zero-order valence-corrected chi connectivity index (χ0v) is 20.6. The molecule has 2 aliphatic rings. The smallest absolute Gasteiger partial charge is 0.321 e. The molecule has 2 aliphatic heterocycles. The van der Waals surface area contributed by atoms with Gasteiger partial charge in [-0.15, -0.1) is 0 Å². The first kappa shape index (κ1) is 24.2. The fraction of sp³-hybridized carbons (Fsp3) is 0.583. The van der Waals surface area contributed by atoms with E-state index in [0.717, 1.165) is 24.3 Å². The molecular weight excluding hydrogens is 434 g/mol. The number of nitrogens with one attached hydrogen (secondary N) is 2. The van der Waals surface area contributed by atoms with Crippen molar-refractivity contribution in [3.05, 3.63) is 41.3 Å². The highest BCUT2D eigenvalue weighted by Crippen LogP contribution is 2.41. The Hall–Kier alpha value is -2.98. The highest BCUT2D eigenvalue weighted by molar-refractivity contribution is 6.02. The Kier molecular flexibility index (Phi) is 6.64. The summed E-state index contributed by atoms with van der Waals surface area (Å²) in [6, 6.07) is 5.38. The third-order valence-electron chi connectivity index (χ3n) is 7.05. The molecule has 4 heterocycles.